The maximum atomic E-state index is 12.7. The van der Waals surface area contributed by atoms with Gasteiger partial charge in [-0.1, -0.05) is 35.9 Å². The number of para-hydroxylation sites is 1. The summed E-state index contributed by atoms with van der Waals surface area (Å²) in [4.78, 5) is 25.4. The van der Waals surface area contributed by atoms with Crippen molar-refractivity contribution in [1.29, 1.82) is 0 Å². The van der Waals surface area contributed by atoms with E-state index in [0.717, 1.165) is 11.1 Å². The van der Waals surface area contributed by atoms with E-state index in [0.29, 0.717) is 23.5 Å². The highest BCUT2D eigenvalue weighted by molar-refractivity contribution is 6.11. The number of carbonyl (C=O) groups is 2. The Bertz CT molecular complexity index is 977. The second kappa shape index (κ2) is 7.86. The summed E-state index contributed by atoms with van der Waals surface area (Å²) in [5.41, 5.74) is 3.77. The Balaban J connectivity index is 1.85. The molecule has 27 heavy (non-hydrogen) atoms. The molecule has 2 N–H and O–H groups in total. The van der Waals surface area contributed by atoms with Crippen molar-refractivity contribution in [2.45, 2.75) is 27.3 Å². The lowest BCUT2D eigenvalue weighted by molar-refractivity contribution is 0.102. The molecule has 0 spiro atoms. The zero-order chi connectivity index (χ0) is 19.4. The first-order valence-electron chi connectivity index (χ1n) is 8.80. The Labute approximate surface area is 158 Å². The van der Waals surface area contributed by atoms with Gasteiger partial charge in [0.15, 0.2) is 5.69 Å². The molecular weight excluding hydrogens is 340 g/mol. The van der Waals surface area contributed by atoms with Crippen LogP contribution in [-0.4, -0.2) is 21.6 Å². The van der Waals surface area contributed by atoms with Crippen molar-refractivity contribution in [1.82, 2.24) is 9.78 Å². The van der Waals surface area contributed by atoms with E-state index < -0.39 is 0 Å². The topological polar surface area (TPSA) is 76.0 Å². The number of nitrogens with zero attached hydrogens (tertiary/aromatic N) is 2. The number of hydrogen-bond donors (Lipinski definition) is 2. The highest BCUT2D eigenvalue weighted by Gasteiger charge is 2.20. The van der Waals surface area contributed by atoms with Crippen LogP contribution < -0.4 is 10.6 Å². The molecule has 6 nitrogen and oxygen atoms in total. The van der Waals surface area contributed by atoms with Crippen LogP contribution in [0.1, 0.15) is 38.9 Å². The molecule has 0 saturated heterocycles. The van der Waals surface area contributed by atoms with Crippen LogP contribution in [0.25, 0.3) is 0 Å². The second-order valence-corrected chi connectivity index (χ2v) is 6.34. The van der Waals surface area contributed by atoms with Gasteiger partial charge in [-0.3, -0.25) is 14.3 Å². The van der Waals surface area contributed by atoms with Crippen molar-refractivity contribution in [3.8, 4) is 0 Å². The minimum absolute atomic E-state index is 0.179. The third-order valence-corrected chi connectivity index (χ3v) is 4.21. The number of carbonyl (C=O) groups excluding carboxylic acids is 2. The molecule has 0 fully saturated rings. The van der Waals surface area contributed by atoms with Gasteiger partial charge in [-0.15, -0.1) is 0 Å². The molecule has 3 aromatic rings. The van der Waals surface area contributed by atoms with E-state index >= 15 is 0 Å². The number of amides is 2. The summed E-state index contributed by atoms with van der Waals surface area (Å²) in [5.74, 6) is -0.638. The van der Waals surface area contributed by atoms with Crippen molar-refractivity contribution in [3.63, 3.8) is 0 Å². The Morgan fingerprint density at radius 1 is 1.00 bits per heavy atom. The van der Waals surface area contributed by atoms with E-state index in [9.17, 15) is 9.59 Å². The number of aryl methyl sites for hydroxylation is 3. The fourth-order valence-electron chi connectivity index (χ4n) is 2.81. The molecule has 3 rings (SSSR count). The van der Waals surface area contributed by atoms with E-state index in [1.807, 2.05) is 51.1 Å². The molecular formula is C21H22N4O2. The summed E-state index contributed by atoms with van der Waals surface area (Å²) in [6.07, 6.45) is 1.67. The molecule has 0 aliphatic carbocycles. The van der Waals surface area contributed by atoms with E-state index in [1.54, 1.807) is 29.1 Å². The van der Waals surface area contributed by atoms with Gasteiger partial charge in [-0.2, -0.15) is 5.10 Å². The molecule has 0 aliphatic heterocycles. The molecule has 6 heteroatoms. The highest BCUT2D eigenvalue weighted by Crippen LogP contribution is 2.19. The fraction of sp³-hybridized carbons (Fsp3) is 0.190. The molecule has 0 unspecified atom stereocenters. The summed E-state index contributed by atoms with van der Waals surface area (Å²) in [6.45, 7) is 6.37. The number of anilines is 2. The van der Waals surface area contributed by atoms with E-state index in [-0.39, 0.29) is 17.5 Å². The summed E-state index contributed by atoms with van der Waals surface area (Å²) in [5, 5.41) is 9.93. The third kappa shape index (κ3) is 4.23. The Kier molecular flexibility index (Phi) is 5.35. The molecule has 1 aromatic heterocycles. The predicted octanol–water partition coefficient (Wildman–Crippen LogP) is 4.02. The van der Waals surface area contributed by atoms with Crippen LogP contribution in [0.15, 0.2) is 54.7 Å². The third-order valence-electron chi connectivity index (χ3n) is 4.21. The molecule has 2 amide bonds. The molecule has 138 valence electrons. The number of hydrogen-bond acceptors (Lipinski definition) is 3. The second-order valence-electron chi connectivity index (χ2n) is 6.34. The van der Waals surface area contributed by atoms with Gasteiger partial charge >= 0.3 is 0 Å². The van der Waals surface area contributed by atoms with Crippen LogP contribution in [0.3, 0.4) is 0 Å². The largest absolute Gasteiger partial charge is 0.321 e. The van der Waals surface area contributed by atoms with Crippen LogP contribution >= 0.6 is 0 Å². The van der Waals surface area contributed by atoms with E-state index in [2.05, 4.69) is 15.7 Å². The van der Waals surface area contributed by atoms with E-state index in [4.69, 9.17) is 0 Å². The predicted molar refractivity (Wildman–Crippen MR) is 106 cm³/mol. The smallest absolute Gasteiger partial charge is 0.278 e. The Morgan fingerprint density at radius 3 is 2.41 bits per heavy atom. The van der Waals surface area contributed by atoms with Gasteiger partial charge in [0.25, 0.3) is 11.8 Å². The quantitative estimate of drug-likeness (QED) is 0.720. The molecule has 0 aliphatic rings. The van der Waals surface area contributed by atoms with Gasteiger partial charge < -0.3 is 10.6 Å². The van der Waals surface area contributed by atoms with Gasteiger partial charge in [0.1, 0.15) is 0 Å². The van der Waals surface area contributed by atoms with Crippen molar-refractivity contribution < 1.29 is 9.59 Å². The fourth-order valence-corrected chi connectivity index (χ4v) is 2.81. The van der Waals surface area contributed by atoms with Crippen LogP contribution in [0.4, 0.5) is 11.4 Å². The summed E-state index contributed by atoms with van der Waals surface area (Å²) < 4.78 is 1.62. The summed E-state index contributed by atoms with van der Waals surface area (Å²) in [6, 6.07) is 14.8. The van der Waals surface area contributed by atoms with Crippen LogP contribution in [0.5, 0.6) is 0 Å². The lowest BCUT2D eigenvalue weighted by atomic mass is 10.1. The average Bonchev–Trinajstić information content (AvgIpc) is 3.05. The molecule has 0 atom stereocenters. The normalized spacial score (nSPS) is 10.5. The molecule has 0 saturated carbocycles. The Morgan fingerprint density at radius 2 is 1.74 bits per heavy atom. The first-order chi connectivity index (χ1) is 13.0. The van der Waals surface area contributed by atoms with Crippen molar-refractivity contribution in [3.05, 3.63) is 77.1 Å². The van der Waals surface area contributed by atoms with Gasteiger partial charge in [-0.25, -0.2) is 0 Å². The average molecular weight is 362 g/mol. The first kappa shape index (κ1) is 18.4. The lowest BCUT2D eigenvalue weighted by Gasteiger charge is -2.09. The zero-order valence-electron chi connectivity index (χ0n) is 15.6. The maximum absolute atomic E-state index is 12.7. The van der Waals surface area contributed by atoms with Gasteiger partial charge in [-0.05, 0) is 44.5 Å². The number of nitrogens with one attached hydrogen (secondary N) is 2. The Hall–Kier alpha value is -3.41. The van der Waals surface area contributed by atoms with Gasteiger partial charge in [0.05, 0.1) is 5.69 Å². The van der Waals surface area contributed by atoms with Crippen LogP contribution in [-0.2, 0) is 6.54 Å². The minimum atomic E-state index is -0.371. The molecule has 1 heterocycles. The highest BCUT2D eigenvalue weighted by atomic mass is 16.2. The first-order valence-corrected chi connectivity index (χ1v) is 8.80. The standard InChI is InChI=1S/C21H22N4O2/c1-4-25-13-18(23-20(26)17-11-10-14(2)12-15(17)3)19(24-25)21(27)22-16-8-6-5-7-9-16/h5-13H,4H2,1-3H3,(H,22,27)(H,23,26). The minimum Gasteiger partial charge on any atom is -0.321 e. The van der Waals surface area contributed by atoms with Gasteiger partial charge in [0.2, 0.25) is 0 Å². The molecule has 0 bridgehead atoms. The zero-order valence-corrected chi connectivity index (χ0v) is 15.6. The van der Waals surface area contributed by atoms with Crippen molar-refractivity contribution >= 4 is 23.2 Å². The summed E-state index contributed by atoms with van der Waals surface area (Å²) in [7, 11) is 0. The SMILES string of the molecule is CCn1cc(NC(=O)c2ccc(C)cc2C)c(C(=O)Nc2ccccc2)n1. The van der Waals surface area contributed by atoms with Crippen LogP contribution in [0.2, 0.25) is 0 Å². The monoisotopic (exact) mass is 362 g/mol. The number of aromatic nitrogens is 2. The van der Waals surface area contributed by atoms with Gasteiger partial charge in [0, 0.05) is 24.0 Å². The summed E-state index contributed by atoms with van der Waals surface area (Å²) >= 11 is 0. The lowest BCUT2D eigenvalue weighted by Crippen LogP contribution is -2.18. The number of benzene rings is 2. The van der Waals surface area contributed by atoms with E-state index in [1.165, 1.54) is 0 Å². The van der Waals surface area contributed by atoms with Crippen molar-refractivity contribution in [2.75, 3.05) is 10.6 Å². The van der Waals surface area contributed by atoms with Crippen LogP contribution in [0, 0.1) is 13.8 Å². The molecule has 2 aromatic carbocycles. The number of rotatable bonds is 5. The maximum Gasteiger partial charge on any atom is 0.278 e. The van der Waals surface area contributed by atoms with Crippen molar-refractivity contribution in [2.24, 2.45) is 0 Å². The molecule has 0 radical (unpaired) electrons.